The molecule has 2 aromatic carbocycles. The molecular weight excluding hydrogens is 330 g/mol. The van der Waals surface area contributed by atoms with Crippen molar-refractivity contribution in [3.8, 4) is 0 Å². The molecule has 0 aliphatic heterocycles. The van der Waals surface area contributed by atoms with Crippen molar-refractivity contribution >= 4 is 21.8 Å². The Labute approximate surface area is 140 Å². The molecule has 0 radical (unpaired) electrons. The number of nitrogens with one attached hydrogen (secondary N) is 1. The summed E-state index contributed by atoms with van der Waals surface area (Å²) in [6, 6.07) is 14.3. The van der Waals surface area contributed by atoms with Crippen LogP contribution in [-0.2, 0) is 21.2 Å². The monoisotopic (exact) mass is 347 g/mol. The largest absolute Gasteiger partial charge is 0.481 e. The number of carbonyl (C=O) groups excluding carboxylic acids is 1. The summed E-state index contributed by atoms with van der Waals surface area (Å²) in [5.41, 5.74) is 1.17. The summed E-state index contributed by atoms with van der Waals surface area (Å²) >= 11 is 0. The normalized spacial score (nSPS) is 11.2. The number of Topliss-reactive ketones (excluding diaryl/α,β-unsaturated/α-hetero) is 1. The number of hydrogen-bond acceptors (Lipinski definition) is 4. The van der Waals surface area contributed by atoms with Gasteiger partial charge in [0.15, 0.2) is 5.78 Å². The molecule has 0 fully saturated rings. The summed E-state index contributed by atoms with van der Waals surface area (Å²) in [7, 11) is -3.73. The highest BCUT2D eigenvalue weighted by Gasteiger charge is 2.15. The van der Waals surface area contributed by atoms with Crippen molar-refractivity contribution in [2.75, 3.05) is 6.54 Å². The molecule has 0 unspecified atom stereocenters. The molecule has 0 aromatic heterocycles. The van der Waals surface area contributed by atoms with Crippen LogP contribution in [0.15, 0.2) is 59.5 Å². The van der Waals surface area contributed by atoms with Crippen LogP contribution < -0.4 is 4.72 Å². The summed E-state index contributed by atoms with van der Waals surface area (Å²) in [5, 5.41) is 8.64. The molecule has 0 heterocycles. The molecule has 0 saturated heterocycles. The van der Waals surface area contributed by atoms with Gasteiger partial charge >= 0.3 is 5.97 Å². The molecular formula is C17H17NO5S. The van der Waals surface area contributed by atoms with Gasteiger partial charge in [0.25, 0.3) is 0 Å². The van der Waals surface area contributed by atoms with Gasteiger partial charge in [-0.2, -0.15) is 0 Å². The minimum absolute atomic E-state index is 0.0180. The SMILES string of the molecule is O=C(O)CCc1ccc(C(=O)CNS(=O)(=O)c2ccccc2)cc1. The molecule has 24 heavy (non-hydrogen) atoms. The number of carboxylic acid groups (broad SMARTS) is 1. The molecule has 2 aromatic rings. The van der Waals surface area contributed by atoms with E-state index in [-0.39, 0.29) is 23.6 Å². The number of rotatable bonds is 8. The first-order valence-corrected chi connectivity index (χ1v) is 8.75. The summed E-state index contributed by atoms with van der Waals surface area (Å²) in [4.78, 5) is 22.7. The average Bonchev–Trinajstić information content (AvgIpc) is 2.59. The summed E-state index contributed by atoms with van der Waals surface area (Å²) in [6.07, 6.45) is 0.397. The zero-order valence-electron chi connectivity index (χ0n) is 12.8. The van der Waals surface area contributed by atoms with Crippen LogP contribution in [0.2, 0.25) is 0 Å². The molecule has 0 bridgehead atoms. The molecule has 0 aliphatic rings. The van der Waals surface area contributed by atoms with Crippen molar-refractivity contribution in [1.29, 1.82) is 0 Å². The van der Waals surface area contributed by atoms with Crippen LogP contribution in [0.4, 0.5) is 0 Å². The zero-order valence-corrected chi connectivity index (χ0v) is 13.6. The zero-order chi connectivity index (χ0) is 17.6. The average molecular weight is 347 g/mol. The van der Waals surface area contributed by atoms with Crippen molar-refractivity contribution in [3.63, 3.8) is 0 Å². The van der Waals surface area contributed by atoms with Crippen LogP contribution in [0.1, 0.15) is 22.3 Å². The van der Waals surface area contributed by atoms with E-state index >= 15 is 0 Å². The number of benzene rings is 2. The maximum atomic E-state index is 12.1. The summed E-state index contributed by atoms with van der Waals surface area (Å²) in [5.74, 6) is -1.25. The standard InChI is InChI=1S/C17H17NO5S/c19-16(12-18-24(22,23)15-4-2-1-3-5-15)14-9-6-13(7-10-14)8-11-17(20)21/h1-7,9-10,18H,8,11-12H2,(H,20,21). The lowest BCUT2D eigenvalue weighted by atomic mass is 10.1. The quantitative estimate of drug-likeness (QED) is 0.710. The van der Waals surface area contributed by atoms with E-state index in [4.69, 9.17) is 5.11 Å². The van der Waals surface area contributed by atoms with Crippen LogP contribution in [0, 0.1) is 0 Å². The highest BCUT2D eigenvalue weighted by Crippen LogP contribution is 2.09. The second-order valence-electron chi connectivity index (χ2n) is 5.15. The van der Waals surface area contributed by atoms with Gasteiger partial charge in [-0.3, -0.25) is 9.59 Å². The van der Waals surface area contributed by atoms with E-state index in [0.717, 1.165) is 5.56 Å². The first-order valence-electron chi connectivity index (χ1n) is 7.27. The maximum absolute atomic E-state index is 12.1. The third-order valence-corrected chi connectivity index (χ3v) is 4.80. The Hall–Kier alpha value is -2.51. The molecule has 0 saturated carbocycles. The number of carbonyl (C=O) groups is 2. The Morgan fingerprint density at radius 3 is 2.17 bits per heavy atom. The van der Waals surface area contributed by atoms with E-state index < -0.39 is 16.0 Å². The van der Waals surface area contributed by atoms with Gasteiger partial charge in [0.2, 0.25) is 10.0 Å². The van der Waals surface area contributed by atoms with Crippen LogP contribution in [0.3, 0.4) is 0 Å². The molecule has 7 heteroatoms. The van der Waals surface area contributed by atoms with E-state index in [2.05, 4.69) is 4.72 Å². The molecule has 0 aliphatic carbocycles. The van der Waals surface area contributed by atoms with Gasteiger partial charge in [-0.05, 0) is 24.1 Å². The first-order chi connectivity index (χ1) is 11.4. The lowest BCUT2D eigenvalue weighted by Gasteiger charge is -2.07. The van der Waals surface area contributed by atoms with Crippen LogP contribution in [-0.4, -0.2) is 31.8 Å². The van der Waals surface area contributed by atoms with Crippen LogP contribution in [0.25, 0.3) is 0 Å². The fourth-order valence-corrected chi connectivity index (χ4v) is 3.06. The Bertz CT molecular complexity index is 814. The van der Waals surface area contributed by atoms with Gasteiger partial charge in [-0.1, -0.05) is 42.5 Å². The van der Waals surface area contributed by atoms with Crippen molar-refractivity contribution in [3.05, 3.63) is 65.7 Å². The third kappa shape index (κ3) is 5.00. The molecule has 0 amide bonds. The predicted molar refractivity (Wildman–Crippen MR) is 88.4 cm³/mol. The number of aryl methyl sites for hydroxylation is 1. The van der Waals surface area contributed by atoms with Crippen molar-refractivity contribution in [1.82, 2.24) is 4.72 Å². The topological polar surface area (TPSA) is 101 Å². The fraction of sp³-hybridized carbons (Fsp3) is 0.176. The lowest BCUT2D eigenvalue weighted by Crippen LogP contribution is -2.29. The number of aliphatic carboxylic acids is 1. The van der Waals surface area contributed by atoms with Crippen LogP contribution >= 0.6 is 0 Å². The molecule has 0 atom stereocenters. The molecule has 0 spiro atoms. The van der Waals surface area contributed by atoms with Crippen molar-refractivity contribution in [2.24, 2.45) is 0 Å². The highest BCUT2D eigenvalue weighted by molar-refractivity contribution is 7.89. The van der Waals surface area contributed by atoms with Gasteiger partial charge in [-0.25, -0.2) is 13.1 Å². The smallest absolute Gasteiger partial charge is 0.303 e. The van der Waals surface area contributed by atoms with Gasteiger partial charge in [0, 0.05) is 12.0 Å². The van der Waals surface area contributed by atoms with E-state index in [1.165, 1.54) is 12.1 Å². The maximum Gasteiger partial charge on any atom is 0.303 e. The minimum Gasteiger partial charge on any atom is -0.481 e. The predicted octanol–water partition coefficient (Wildman–Crippen LogP) is 1.86. The molecule has 2 N–H and O–H groups in total. The summed E-state index contributed by atoms with van der Waals surface area (Å²) < 4.78 is 26.4. The number of sulfonamides is 1. The Balaban J connectivity index is 1.96. The number of hydrogen-bond donors (Lipinski definition) is 2. The highest BCUT2D eigenvalue weighted by atomic mass is 32.2. The van der Waals surface area contributed by atoms with E-state index in [9.17, 15) is 18.0 Å². The van der Waals surface area contributed by atoms with E-state index in [0.29, 0.717) is 12.0 Å². The Morgan fingerprint density at radius 1 is 0.958 bits per heavy atom. The van der Waals surface area contributed by atoms with Gasteiger partial charge < -0.3 is 5.11 Å². The van der Waals surface area contributed by atoms with Crippen molar-refractivity contribution < 1.29 is 23.1 Å². The van der Waals surface area contributed by atoms with E-state index in [1.54, 1.807) is 42.5 Å². The molecule has 6 nitrogen and oxygen atoms in total. The molecule has 2 rings (SSSR count). The fourth-order valence-electron chi connectivity index (χ4n) is 2.05. The number of ketones is 1. The van der Waals surface area contributed by atoms with Crippen LogP contribution in [0.5, 0.6) is 0 Å². The first kappa shape index (κ1) is 17.8. The minimum atomic E-state index is -3.73. The van der Waals surface area contributed by atoms with Gasteiger partial charge in [-0.15, -0.1) is 0 Å². The number of carboxylic acids is 1. The lowest BCUT2D eigenvalue weighted by molar-refractivity contribution is -0.136. The Kier molecular flexibility index (Phi) is 5.83. The van der Waals surface area contributed by atoms with E-state index in [1.807, 2.05) is 0 Å². The second kappa shape index (κ2) is 7.85. The Morgan fingerprint density at radius 2 is 1.58 bits per heavy atom. The second-order valence-corrected chi connectivity index (χ2v) is 6.92. The third-order valence-electron chi connectivity index (χ3n) is 3.38. The van der Waals surface area contributed by atoms with Gasteiger partial charge in [0.05, 0.1) is 11.4 Å². The van der Waals surface area contributed by atoms with Gasteiger partial charge in [0.1, 0.15) is 0 Å². The summed E-state index contributed by atoms with van der Waals surface area (Å²) in [6.45, 7) is -0.342. The van der Waals surface area contributed by atoms with Crippen molar-refractivity contribution in [2.45, 2.75) is 17.7 Å². The molecule has 126 valence electrons.